The van der Waals surface area contributed by atoms with E-state index in [4.69, 9.17) is 0 Å². The fraction of sp³-hybridized carbons (Fsp3) is 0.526. The van der Waals surface area contributed by atoms with Gasteiger partial charge in [0.25, 0.3) is 0 Å². The Morgan fingerprint density at radius 1 is 1.14 bits per heavy atom. The first kappa shape index (κ1) is 16.0. The van der Waals surface area contributed by atoms with E-state index in [-0.39, 0.29) is 0 Å². The monoisotopic (exact) mass is 284 g/mol. The summed E-state index contributed by atoms with van der Waals surface area (Å²) in [5.41, 5.74) is 3.60. The highest BCUT2D eigenvalue weighted by Gasteiger charge is 2.12. The highest BCUT2D eigenvalue weighted by molar-refractivity contribution is 5.79. The van der Waals surface area contributed by atoms with Crippen LogP contribution >= 0.6 is 0 Å². The number of benzene rings is 1. The Morgan fingerprint density at radius 2 is 1.95 bits per heavy atom. The molecule has 1 N–H and O–H groups in total. The Morgan fingerprint density at radius 3 is 2.67 bits per heavy atom. The smallest absolute Gasteiger partial charge is 0.0705 e. The number of rotatable bonds is 7. The first-order valence-corrected chi connectivity index (χ1v) is 8.20. The molecule has 0 saturated heterocycles. The molecule has 21 heavy (non-hydrogen) atoms. The number of aryl methyl sites for hydroxylation is 2. The Bertz CT molecular complexity index is 575. The molecule has 0 spiro atoms. The Kier molecular flexibility index (Phi) is 5.75. The lowest BCUT2D eigenvalue weighted by molar-refractivity contribution is 0.378. The second-order valence-electron chi connectivity index (χ2n) is 6.32. The van der Waals surface area contributed by atoms with Gasteiger partial charge in [0.2, 0.25) is 0 Å². The molecule has 2 heteroatoms. The van der Waals surface area contributed by atoms with Crippen LogP contribution in [0.2, 0.25) is 0 Å². The van der Waals surface area contributed by atoms with Crippen molar-refractivity contribution in [1.82, 2.24) is 10.3 Å². The summed E-state index contributed by atoms with van der Waals surface area (Å²) in [6.45, 7) is 9.99. The van der Waals surface area contributed by atoms with Crippen molar-refractivity contribution in [2.45, 2.75) is 53.0 Å². The van der Waals surface area contributed by atoms with Gasteiger partial charge in [-0.15, -0.1) is 0 Å². The van der Waals surface area contributed by atoms with Gasteiger partial charge in [-0.2, -0.15) is 0 Å². The Labute approximate surface area is 129 Å². The largest absolute Gasteiger partial charge is 0.314 e. The number of nitrogens with one attached hydrogen (secondary N) is 1. The van der Waals surface area contributed by atoms with E-state index in [1.54, 1.807) is 0 Å². The lowest BCUT2D eigenvalue weighted by atomic mass is 9.96. The summed E-state index contributed by atoms with van der Waals surface area (Å²) < 4.78 is 0. The minimum Gasteiger partial charge on any atom is -0.314 e. The molecule has 0 radical (unpaired) electrons. The predicted molar refractivity (Wildman–Crippen MR) is 91.7 cm³/mol. The molecule has 1 aromatic heterocycles. The van der Waals surface area contributed by atoms with Crippen molar-refractivity contribution in [3.8, 4) is 0 Å². The van der Waals surface area contributed by atoms with Gasteiger partial charge in [-0.3, -0.25) is 4.98 Å². The molecule has 2 aromatic rings. The highest BCUT2D eigenvalue weighted by Crippen LogP contribution is 2.17. The third kappa shape index (κ3) is 4.53. The van der Waals surface area contributed by atoms with Gasteiger partial charge < -0.3 is 5.32 Å². The minimum absolute atomic E-state index is 0.608. The molecular weight excluding hydrogens is 256 g/mol. The normalized spacial score (nSPS) is 13.0. The number of hydrogen-bond acceptors (Lipinski definition) is 2. The second kappa shape index (κ2) is 7.56. The lowest BCUT2D eigenvalue weighted by Gasteiger charge is -2.22. The fourth-order valence-corrected chi connectivity index (χ4v) is 2.76. The van der Waals surface area contributed by atoms with Crippen LogP contribution in [0.5, 0.6) is 0 Å². The molecule has 1 heterocycles. The van der Waals surface area contributed by atoms with Crippen molar-refractivity contribution in [3.05, 3.63) is 41.6 Å². The van der Waals surface area contributed by atoms with E-state index in [0.717, 1.165) is 24.2 Å². The number of hydrogen-bond donors (Lipinski definition) is 1. The van der Waals surface area contributed by atoms with E-state index >= 15 is 0 Å². The summed E-state index contributed by atoms with van der Waals surface area (Å²) >= 11 is 0. The quantitative estimate of drug-likeness (QED) is 0.809. The molecule has 0 aliphatic rings. The van der Waals surface area contributed by atoms with E-state index in [2.05, 4.69) is 61.4 Å². The zero-order chi connectivity index (χ0) is 15.2. The number of nitrogens with zero attached hydrogens (tertiary/aromatic N) is 1. The number of pyridine rings is 1. The van der Waals surface area contributed by atoms with Crippen LogP contribution in [0.25, 0.3) is 10.9 Å². The van der Waals surface area contributed by atoms with Crippen LogP contribution in [0.3, 0.4) is 0 Å². The van der Waals surface area contributed by atoms with Crippen molar-refractivity contribution in [1.29, 1.82) is 0 Å². The highest BCUT2D eigenvalue weighted by atomic mass is 14.9. The zero-order valence-corrected chi connectivity index (χ0v) is 13.8. The summed E-state index contributed by atoms with van der Waals surface area (Å²) in [5, 5.41) is 4.92. The molecule has 1 unspecified atom stereocenters. The first-order chi connectivity index (χ1) is 10.1. The average Bonchev–Trinajstić information content (AvgIpc) is 2.47. The van der Waals surface area contributed by atoms with Crippen LogP contribution in [-0.2, 0) is 6.42 Å². The van der Waals surface area contributed by atoms with Crippen LogP contribution in [0.15, 0.2) is 30.3 Å². The average molecular weight is 284 g/mol. The molecule has 0 amide bonds. The predicted octanol–water partition coefficient (Wildman–Crippen LogP) is 4.50. The van der Waals surface area contributed by atoms with E-state index < -0.39 is 0 Å². The molecule has 2 nitrogen and oxygen atoms in total. The van der Waals surface area contributed by atoms with Crippen LogP contribution in [0.4, 0.5) is 0 Å². The van der Waals surface area contributed by atoms with Crippen LogP contribution in [-0.4, -0.2) is 17.6 Å². The van der Waals surface area contributed by atoms with Crippen molar-refractivity contribution in [2.75, 3.05) is 6.54 Å². The topological polar surface area (TPSA) is 24.9 Å². The van der Waals surface area contributed by atoms with Gasteiger partial charge in [0, 0.05) is 17.1 Å². The third-order valence-corrected chi connectivity index (χ3v) is 4.10. The molecule has 1 aromatic carbocycles. The van der Waals surface area contributed by atoms with Gasteiger partial charge in [0.05, 0.1) is 5.52 Å². The summed E-state index contributed by atoms with van der Waals surface area (Å²) in [5.74, 6) is 0.682. The molecule has 0 aliphatic carbocycles. The Balaban J connectivity index is 2.03. The lowest BCUT2D eigenvalue weighted by Crippen LogP contribution is -2.34. The standard InChI is InChI=1S/C19H28N2/c1-5-12-20-18(14(2)3)10-7-16-8-11-19-17(13-16)9-6-15(4)21-19/h6,8-9,11,13-14,18,20H,5,7,10,12H2,1-4H3. The van der Waals surface area contributed by atoms with Crippen molar-refractivity contribution < 1.29 is 0 Å². The van der Waals surface area contributed by atoms with Gasteiger partial charge in [-0.1, -0.05) is 32.9 Å². The maximum absolute atomic E-state index is 4.57. The summed E-state index contributed by atoms with van der Waals surface area (Å²) in [4.78, 5) is 4.57. The van der Waals surface area contributed by atoms with Crippen LogP contribution < -0.4 is 5.32 Å². The van der Waals surface area contributed by atoms with E-state index in [9.17, 15) is 0 Å². The van der Waals surface area contributed by atoms with Crippen LogP contribution in [0, 0.1) is 12.8 Å². The maximum Gasteiger partial charge on any atom is 0.0705 e. The van der Waals surface area contributed by atoms with Crippen molar-refractivity contribution in [3.63, 3.8) is 0 Å². The molecule has 0 fully saturated rings. The second-order valence-corrected chi connectivity index (χ2v) is 6.32. The van der Waals surface area contributed by atoms with E-state index in [1.165, 1.54) is 23.8 Å². The summed E-state index contributed by atoms with van der Waals surface area (Å²) in [6.07, 6.45) is 3.52. The first-order valence-electron chi connectivity index (χ1n) is 8.20. The molecule has 2 rings (SSSR count). The van der Waals surface area contributed by atoms with Gasteiger partial charge in [0.1, 0.15) is 0 Å². The van der Waals surface area contributed by atoms with Gasteiger partial charge >= 0.3 is 0 Å². The van der Waals surface area contributed by atoms with Crippen molar-refractivity contribution in [2.24, 2.45) is 5.92 Å². The molecule has 0 saturated carbocycles. The molecule has 0 aliphatic heterocycles. The zero-order valence-electron chi connectivity index (χ0n) is 13.8. The van der Waals surface area contributed by atoms with Gasteiger partial charge in [-0.25, -0.2) is 0 Å². The van der Waals surface area contributed by atoms with E-state index in [1.807, 2.05) is 6.92 Å². The SMILES string of the molecule is CCCNC(CCc1ccc2nc(C)ccc2c1)C(C)C. The van der Waals surface area contributed by atoms with Crippen molar-refractivity contribution >= 4 is 10.9 Å². The third-order valence-electron chi connectivity index (χ3n) is 4.10. The molecule has 114 valence electrons. The molecule has 0 bridgehead atoms. The fourth-order valence-electron chi connectivity index (χ4n) is 2.76. The van der Waals surface area contributed by atoms with Crippen LogP contribution in [0.1, 0.15) is 44.9 Å². The summed E-state index contributed by atoms with van der Waals surface area (Å²) in [6, 6.07) is 11.5. The maximum atomic E-state index is 4.57. The van der Waals surface area contributed by atoms with E-state index in [0.29, 0.717) is 12.0 Å². The number of aromatic nitrogens is 1. The van der Waals surface area contributed by atoms with Gasteiger partial charge in [-0.05, 0) is 62.4 Å². The number of fused-ring (bicyclic) bond motifs is 1. The van der Waals surface area contributed by atoms with Gasteiger partial charge in [0.15, 0.2) is 0 Å². The Hall–Kier alpha value is -1.41. The minimum atomic E-state index is 0.608. The summed E-state index contributed by atoms with van der Waals surface area (Å²) in [7, 11) is 0. The molecule has 1 atom stereocenters. The molecular formula is C19H28N2.